The Balaban J connectivity index is 1.62. The maximum Gasteiger partial charge on any atom is 0.264 e. The van der Waals surface area contributed by atoms with Gasteiger partial charge >= 0.3 is 0 Å². The van der Waals surface area contributed by atoms with Crippen molar-refractivity contribution < 1.29 is 9.53 Å². The normalized spacial score (nSPS) is 10.3. The van der Waals surface area contributed by atoms with Gasteiger partial charge in [-0.15, -0.1) is 0 Å². The monoisotopic (exact) mass is 279 g/mol. The highest BCUT2D eigenvalue weighted by molar-refractivity contribution is 5.90. The van der Waals surface area contributed by atoms with Gasteiger partial charge in [0, 0.05) is 12.4 Å². The fourth-order valence-corrected chi connectivity index (χ4v) is 1.93. The number of rotatable bonds is 4. The third kappa shape index (κ3) is 3.33. The first-order valence-electron chi connectivity index (χ1n) is 6.50. The number of amides is 1. The number of ether oxygens (including phenoxy) is 1. The van der Waals surface area contributed by atoms with Crippen molar-refractivity contribution in [3.8, 4) is 5.75 Å². The zero-order valence-electron chi connectivity index (χ0n) is 11.2. The van der Waals surface area contributed by atoms with E-state index in [1.807, 2.05) is 42.5 Å². The topological polar surface area (TPSA) is 64.1 Å². The molecule has 0 atom stereocenters. The van der Waals surface area contributed by atoms with Gasteiger partial charge in [-0.3, -0.25) is 10.1 Å². The van der Waals surface area contributed by atoms with Crippen molar-refractivity contribution in [1.29, 1.82) is 0 Å². The first-order chi connectivity index (χ1) is 10.3. The minimum absolute atomic E-state index is 0.0867. The predicted molar refractivity (Wildman–Crippen MR) is 80.1 cm³/mol. The standard InChI is InChI=1S/C16H13N3O2/c20-15(19-16-17-8-3-9-18-16)11-21-14-7-6-12-4-1-2-5-13(12)10-14/h1-10H,11H2,(H,17,18,19,20). The molecule has 1 heterocycles. The molecular formula is C16H13N3O2. The summed E-state index contributed by atoms with van der Waals surface area (Å²) in [5, 5.41) is 4.77. The van der Waals surface area contributed by atoms with Crippen LogP contribution in [0.25, 0.3) is 10.8 Å². The van der Waals surface area contributed by atoms with E-state index in [4.69, 9.17) is 4.74 Å². The van der Waals surface area contributed by atoms with Gasteiger partial charge in [0.2, 0.25) is 5.95 Å². The lowest BCUT2D eigenvalue weighted by atomic mass is 10.1. The zero-order valence-corrected chi connectivity index (χ0v) is 11.2. The van der Waals surface area contributed by atoms with Crippen molar-refractivity contribution in [2.24, 2.45) is 0 Å². The number of hydrogen-bond acceptors (Lipinski definition) is 4. The lowest BCUT2D eigenvalue weighted by molar-refractivity contribution is -0.118. The summed E-state index contributed by atoms with van der Waals surface area (Å²) in [6, 6.07) is 15.4. The average molecular weight is 279 g/mol. The summed E-state index contributed by atoms with van der Waals surface area (Å²) in [5.41, 5.74) is 0. The molecule has 0 spiro atoms. The van der Waals surface area contributed by atoms with Crippen LogP contribution < -0.4 is 10.1 Å². The molecule has 0 fully saturated rings. The van der Waals surface area contributed by atoms with Crippen molar-refractivity contribution in [3.05, 3.63) is 60.9 Å². The van der Waals surface area contributed by atoms with Gasteiger partial charge < -0.3 is 4.74 Å². The quantitative estimate of drug-likeness (QED) is 0.797. The van der Waals surface area contributed by atoms with Gasteiger partial charge in [-0.1, -0.05) is 30.3 Å². The molecule has 0 aliphatic rings. The number of hydrogen-bond donors (Lipinski definition) is 1. The van der Waals surface area contributed by atoms with Crippen molar-refractivity contribution >= 4 is 22.6 Å². The van der Waals surface area contributed by atoms with Gasteiger partial charge in [-0.2, -0.15) is 0 Å². The summed E-state index contributed by atoms with van der Waals surface area (Å²) in [5.74, 6) is 0.622. The van der Waals surface area contributed by atoms with Gasteiger partial charge in [-0.25, -0.2) is 9.97 Å². The van der Waals surface area contributed by atoms with Gasteiger partial charge in [0.05, 0.1) is 0 Å². The first kappa shape index (κ1) is 13.1. The highest BCUT2D eigenvalue weighted by Gasteiger charge is 2.05. The summed E-state index contributed by atoms with van der Waals surface area (Å²) >= 11 is 0. The molecule has 3 rings (SSSR count). The van der Waals surface area contributed by atoms with Crippen molar-refractivity contribution in [3.63, 3.8) is 0 Å². The Hall–Kier alpha value is -2.95. The van der Waals surface area contributed by atoms with Gasteiger partial charge in [-0.05, 0) is 29.0 Å². The summed E-state index contributed by atoms with van der Waals surface area (Å²) in [7, 11) is 0. The SMILES string of the molecule is O=C(COc1ccc2ccccc2c1)Nc1ncccn1. The van der Waals surface area contributed by atoms with E-state index >= 15 is 0 Å². The molecule has 0 aliphatic carbocycles. The van der Waals surface area contributed by atoms with Gasteiger partial charge in [0.1, 0.15) is 5.75 Å². The third-order valence-corrected chi connectivity index (χ3v) is 2.91. The molecule has 5 heteroatoms. The average Bonchev–Trinajstić information content (AvgIpc) is 2.54. The highest BCUT2D eigenvalue weighted by atomic mass is 16.5. The van der Waals surface area contributed by atoms with Gasteiger partial charge in [0.25, 0.3) is 5.91 Å². The Kier molecular flexibility index (Phi) is 3.73. The fourth-order valence-electron chi connectivity index (χ4n) is 1.93. The second kappa shape index (κ2) is 6.00. The Labute approximate surface area is 121 Å². The van der Waals surface area contributed by atoms with Crippen LogP contribution in [0.15, 0.2) is 60.9 Å². The highest BCUT2D eigenvalue weighted by Crippen LogP contribution is 2.20. The van der Waals surface area contributed by atoms with Crippen LogP contribution in [0, 0.1) is 0 Å². The number of aromatic nitrogens is 2. The van der Waals surface area contributed by atoms with E-state index in [1.165, 1.54) is 0 Å². The number of benzene rings is 2. The second-order valence-electron chi connectivity index (χ2n) is 4.42. The molecule has 1 N–H and O–H groups in total. The van der Waals surface area contributed by atoms with Crippen LogP contribution in [0.2, 0.25) is 0 Å². The van der Waals surface area contributed by atoms with Gasteiger partial charge in [0.15, 0.2) is 6.61 Å². The third-order valence-electron chi connectivity index (χ3n) is 2.91. The molecule has 104 valence electrons. The molecule has 1 aromatic heterocycles. The molecule has 0 aliphatic heterocycles. The van der Waals surface area contributed by atoms with Crippen LogP contribution in [0.4, 0.5) is 5.95 Å². The largest absolute Gasteiger partial charge is 0.484 e. The zero-order chi connectivity index (χ0) is 14.5. The molecule has 0 saturated heterocycles. The summed E-state index contributed by atoms with van der Waals surface area (Å²) in [6.07, 6.45) is 3.12. The molecule has 0 bridgehead atoms. The second-order valence-corrected chi connectivity index (χ2v) is 4.42. The fraction of sp³-hybridized carbons (Fsp3) is 0.0625. The maximum absolute atomic E-state index is 11.7. The Bertz CT molecular complexity index is 760. The van der Waals surface area contributed by atoms with Crippen molar-refractivity contribution in [1.82, 2.24) is 9.97 Å². The number of carbonyl (C=O) groups excluding carboxylic acids is 1. The number of nitrogens with zero attached hydrogens (tertiary/aromatic N) is 2. The lowest BCUT2D eigenvalue weighted by Gasteiger charge is -2.07. The van der Waals surface area contributed by atoms with E-state index in [2.05, 4.69) is 15.3 Å². The van der Waals surface area contributed by atoms with Crippen LogP contribution in [0.3, 0.4) is 0 Å². The van der Waals surface area contributed by atoms with Crippen molar-refractivity contribution in [2.75, 3.05) is 11.9 Å². The number of anilines is 1. The van der Waals surface area contributed by atoms with Crippen LogP contribution in [0.5, 0.6) is 5.75 Å². The molecule has 0 unspecified atom stereocenters. The molecule has 0 saturated carbocycles. The van der Waals surface area contributed by atoms with E-state index < -0.39 is 0 Å². The summed E-state index contributed by atoms with van der Waals surface area (Å²) < 4.78 is 5.48. The lowest BCUT2D eigenvalue weighted by Crippen LogP contribution is -2.21. The first-order valence-corrected chi connectivity index (χ1v) is 6.50. The smallest absolute Gasteiger partial charge is 0.264 e. The maximum atomic E-state index is 11.7. The predicted octanol–water partition coefficient (Wildman–Crippen LogP) is 2.65. The van der Waals surface area contributed by atoms with Crippen LogP contribution >= 0.6 is 0 Å². The molecule has 5 nitrogen and oxygen atoms in total. The van der Waals surface area contributed by atoms with Crippen molar-refractivity contribution in [2.45, 2.75) is 0 Å². The van der Waals surface area contributed by atoms with E-state index in [1.54, 1.807) is 18.5 Å². The molecule has 1 amide bonds. The number of carbonyl (C=O) groups is 1. The summed E-state index contributed by atoms with van der Waals surface area (Å²) in [4.78, 5) is 19.6. The Morgan fingerprint density at radius 1 is 1.00 bits per heavy atom. The van der Waals surface area contributed by atoms with Crippen LogP contribution in [-0.2, 0) is 4.79 Å². The molecule has 21 heavy (non-hydrogen) atoms. The van der Waals surface area contributed by atoms with Crippen LogP contribution in [-0.4, -0.2) is 22.5 Å². The van der Waals surface area contributed by atoms with Crippen LogP contribution in [0.1, 0.15) is 0 Å². The Morgan fingerprint density at radius 2 is 1.76 bits per heavy atom. The Morgan fingerprint density at radius 3 is 2.57 bits per heavy atom. The molecular weight excluding hydrogens is 266 g/mol. The van der Waals surface area contributed by atoms with E-state index in [0.717, 1.165) is 10.8 Å². The molecule has 3 aromatic rings. The van der Waals surface area contributed by atoms with E-state index in [0.29, 0.717) is 5.75 Å². The number of fused-ring (bicyclic) bond motifs is 1. The minimum atomic E-state index is -0.297. The summed E-state index contributed by atoms with van der Waals surface area (Å²) in [6.45, 7) is -0.0867. The van der Waals surface area contributed by atoms with E-state index in [9.17, 15) is 4.79 Å². The molecule has 2 aromatic carbocycles. The van der Waals surface area contributed by atoms with E-state index in [-0.39, 0.29) is 18.5 Å². The minimum Gasteiger partial charge on any atom is -0.484 e. The number of nitrogens with one attached hydrogen (secondary N) is 1. The molecule has 0 radical (unpaired) electrons.